The molecule has 126 valence electrons. The molecule has 2 heterocycles. The van der Waals surface area contributed by atoms with Gasteiger partial charge in [0, 0.05) is 18.8 Å². The van der Waals surface area contributed by atoms with Crippen molar-refractivity contribution in [3.8, 4) is 0 Å². The average molecular weight is 316 g/mol. The predicted molar refractivity (Wildman–Crippen MR) is 92.7 cm³/mol. The molecule has 4 heteroatoms. The molecule has 0 unspecified atom stereocenters. The number of carbonyl (C=O) groups is 1. The van der Waals surface area contributed by atoms with Gasteiger partial charge in [-0.25, -0.2) is 4.79 Å². The van der Waals surface area contributed by atoms with Crippen LogP contribution in [0, 0.1) is 0 Å². The van der Waals surface area contributed by atoms with Crippen molar-refractivity contribution in [3.05, 3.63) is 29.3 Å². The second kappa shape index (κ2) is 6.52. The molecule has 0 spiro atoms. The molecule has 2 aliphatic heterocycles. The summed E-state index contributed by atoms with van der Waals surface area (Å²) in [7, 11) is 0. The third-order valence-corrected chi connectivity index (χ3v) is 4.59. The van der Waals surface area contributed by atoms with Crippen molar-refractivity contribution in [2.45, 2.75) is 64.6 Å². The maximum atomic E-state index is 12.6. The number of rotatable bonds is 2. The molecule has 1 aromatic carbocycles. The molecule has 1 N–H and O–H groups in total. The first-order valence-corrected chi connectivity index (χ1v) is 8.76. The van der Waals surface area contributed by atoms with Gasteiger partial charge >= 0.3 is 5.97 Å². The number of hydrogen-bond acceptors (Lipinski definition) is 4. The van der Waals surface area contributed by atoms with E-state index in [9.17, 15) is 4.79 Å². The number of esters is 1. The molecule has 1 atom stereocenters. The highest BCUT2D eigenvalue weighted by molar-refractivity contribution is 5.81. The summed E-state index contributed by atoms with van der Waals surface area (Å²) >= 11 is 0. The van der Waals surface area contributed by atoms with E-state index < -0.39 is 5.60 Å². The third-order valence-electron chi connectivity index (χ3n) is 4.59. The van der Waals surface area contributed by atoms with Crippen LogP contribution in [0.1, 0.15) is 51.2 Å². The van der Waals surface area contributed by atoms with Crippen molar-refractivity contribution in [2.24, 2.45) is 0 Å². The largest absolute Gasteiger partial charge is 0.458 e. The van der Waals surface area contributed by atoms with E-state index in [2.05, 4.69) is 28.4 Å². The maximum absolute atomic E-state index is 12.6. The molecular formula is C19H28N2O2. The van der Waals surface area contributed by atoms with Gasteiger partial charge in [-0.1, -0.05) is 6.07 Å². The zero-order valence-corrected chi connectivity index (χ0v) is 14.5. The highest BCUT2D eigenvalue weighted by atomic mass is 16.6. The van der Waals surface area contributed by atoms with Crippen LogP contribution in [0.4, 0.5) is 5.69 Å². The van der Waals surface area contributed by atoms with E-state index in [1.54, 1.807) is 0 Å². The summed E-state index contributed by atoms with van der Waals surface area (Å²) in [6.45, 7) is 8.72. The number of nitrogens with one attached hydrogen (secondary N) is 1. The van der Waals surface area contributed by atoms with Gasteiger partial charge in [-0.3, -0.25) is 0 Å². The lowest BCUT2D eigenvalue weighted by Crippen LogP contribution is -2.47. The molecule has 0 aromatic heterocycles. The van der Waals surface area contributed by atoms with Gasteiger partial charge in [0.2, 0.25) is 0 Å². The van der Waals surface area contributed by atoms with E-state index in [1.165, 1.54) is 16.8 Å². The summed E-state index contributed by atoms with van der Waals surface area (Å²) < 4.78 is 5.65. The summed E-state index contributed by atoms with van der Waals surface area (Å²) in [5.74, 6) is -0.0865. The molecule has 1 aromatic rings. The Bertz CT molecular complexity index is 577. The van der Waals surface area contributed by atoms with Gasteiger partial charge in [-0.05, 0) is 76.3 Å². The molecule has 0 amide bonds. The van der Waals surface area contributed by atoms with Gasteiger partial charge in [0.25, 0.3) is 0 Å². The number of carbonyl (C=O) groups excluding carboxylic acids is 1. The number of benzene rings is 1. The number of piperidine rings is 1. The molecule has 2 aliphatic rings. The minimum absolute atomic E-state index is 0.0865. The topological polar surface area (TPSA) is 41.6 Å². The maximum Gasteiger partial charge on any atom is 0.329 e. The quantitative estimate of drug-likeness (QED) is 0.852. The normalized spacial score (nSPS) is 21.7. The first kappa shape index (κ1) is 16.3. The molecule has 0 saturated carbocycles. The molecule has 0 radical (unpaired) electrons. The summed E-state index contributed by atoms with van der Waals surface area (Å²) in [4.78, 5) is 14.9. The zero-order valence-electron chi connectivity index (χ0n) is 14.5. The van der Waals surface area contributed by atoms with Crippen molar-refractivity contribution in [1.29, 1.82) is 0 Å². The molecule has 0 aliphatic carbocycles. The van der Waals surface area contributed by atoms with E-state index >= 15 is 0 Å². The van der Waals surface area contributed by atoms with Gasteiger partial charge in [0.1, 0.15) is 11.6 Å². The molecule has 0 bridgehead atoms. The second-order valence-corrected chi connectivity index (χ2v) is 7.62. The van der Waals surface area contributed by atoms with Crippen molar-refractivity contribution in [1.82, 2.24) is 5.32 Å². The number of ether oxygens (including phenoxy) is 1. The van der Waals surface area contributed by atoms with E-state index in [1.807, 2.05) is 20.8 Å². The van der Waals surface area contributed by atoms with Crippen LogP contribution >= 0.6 is 0 Å². The minimum atomic E-state index is -0.429. The highest BCUT2D eigenvalue weighted by Gasteiger charge is 2.32. The Morgan fingerprint density at radius 1 is 1.26 bits per heavy atom. The van der Waals surface area contributed by atoms with Gasteiger partial charge in [-0.15, -0.1) is 0 Å². The minimum Gasteiger partial charge on any atom is -0.458 e. The van der Waals surface area contributed by atoms with Crippen molar-refractivity contribution < 1.29 is 9.53 Å². The zero-order chi connectivity index (χ0) is 16.4. The Labute approximate surface area is 139 Å². The fraction of sp³-hybridized carbons (Fsp3) is 0.632. The molecule has 3 rings (SSSR count). The van der Waals surface area contributed by atoms with Gasteiger partial charge in [-0.2, -0.15) is 0 Å². The van der Waals surface area contributed by atoms with E-state index in [-0.39, 0.29) is 12.0 Å². The van der Waals surface area contributed by atoms with Crippen LogP contribution in [0.5, 0.6) is 0 Å². The summed E-state index contributed by atoms with van der Waals surface area (Å²) in [5, 5.41) is 3.40. The number of nitrogens with zero attached hydrogens (tertiary/aromatic N) is 1. The number of fused-ring (bicyclic) bond motifs is 1. The standard InChI is InChI=1S/C19H28N2O2/c1-19(2,3)23-18(22)17-6-4-5-11-21(17)16-8-7-15-13-20-10-9-14(15)12-16/h7-8,12,17,20H,4-6,9-11,13H2,1-3H3/t17-/m0/s1. The molecule has 23 heavy (non-hydrogen) atoms. The lowest BCUT2D eigenvalue weighted by atomic mass is 9.97. The predicted octanol–water partition coefficient (Wildman–Crippen LogP) is 3.03. The van der Waals surface area contributed by atoms with Crippen LogP contribution in [0.2, 0.25) is 0 Å². The number of anilines is 1. The van der Waals surface area contributed by atoms with Crippen molar-refractivity contribution >= 4 is 11.7 Å². The second-order valence-electron chi connectivity index (χ2n) is 7.62. The van der Waals surface area contributed by atoms with Gasteiger partial charge in [0.15, 0.2) is 0 Å². The SMILES string of the molecule is CC(C)(C)OC(=O)[C@@H]1CCCCN1c1ccc2c(c1)CCNC2. The fourth-order valence-corrected chi connectivity index (χ4v) is 3.50. The average Bonchev–Trinajstić information content (AvgIpc) is 2.53. The lowest BCUT2D eigenvalue weighted by molar-refractivity contribution is -0.157. The van der Waals surface area contributed by atoms with Crippen LogP contribution in [0.25, 0.3) is 0 Å². The Morgan fingerprint density at radius 2 is 2.09 bits per heavy atom. The summed E-state index contributed by atoms with van der Waals surface area (Å²) in [6.07, 6.45) is 4.18. The molecule has 1 saturated heterocycles. The highest BCUT2D eigenvalue weighted by Crippen LogP contribution is 2.29. The molecular weight excluding hydrogens is 288 g/mol. The van der Waals surface area contributed by atoms with E-state index in [0.29, 0.717) is 0 Å². The van der Waals surface area contributed by atoms with Crippen molar-refractivity contribution in [3.63, 3.8) is 0 Å². The van der Waals surface area contributed by atoms with Crippen molar-refractivity contribution in [2.75, 3.05) is 18.0 Å². The Balaban J connectivity index is 1.82. The Kier molecular flexibility index (Phi) is 4.62. The summed E-state index contributed by atoms with van der Waals surface area (Å²) in [6, 6.07) is 6.49. The van der Waals surface area contributed by atoms with Crippen LogP contribution in [0.3, 0.4) is 0 Å². The van der Waals surface area contributed by atoms with Crippen LogP contribution in [-0.4, -0.2) is 30.7 Å². The Morgan fingerprint density at radius 3 is 2.87 bits per heavy atom. The monoisotopic (exact) mass is 316 g/mol. The number of hydrogen-bond donors (Lipinski definition) is 1. The smallest absolute Gasteiger partial charge is 0.329 e. The first-order chi connectivity index (χ1) is 10.9. The Hall–Kier alpha value is -1.55. The van der Waals surface area contributed by atoms with Crippen LogP contribution < -0.4 is 10.2 Å². The van der Waals surface area contributed by atoms with Gasteiger partial charge < -0.3 is 15.0 Å². The summed E-state index contributed by atoms with van der Waals surface area (Å²) in [5.41, 5.74) is 3.53. The van der Waals surface area contributed by atoms with E-state index in [0.717, 1.165) is 45.3 Å². The van der Waals surface area contributed by atoms with Crippen LogP contribution in [0.15, 0.2) is 18.2 Å². The third kappa shape index (κ3) is 3.86. The van der Waals surface area contributed by atoms with Crippen LogP contribution in [-0.2, 0) is 22.5 Å². The first-order valence-electron chi connectivity index (χ1n) is 8.76. The molecule has 1 fully saturated rings. The fourth-order valence-electron chi connectivity index (χ4n) is 3.50. The molecule has 4 nitrogen and oxygen atoms in total. The lowest BCUT2D eigenvalue weighted by Gasteiger charge is -2.37. The van der Waals surface area contributed by atoms with E-state index in [4.69, 9.17) is 4.74 Å². The van der Waals surface area contributed by atoms with Gasteiger partial charge in [0.05, 0.1) is 0 Å².